The number of hydrogen-bond donors (Lipinski definition) is 2. The van der Waals surface area contributed by atoms with E-state index < -0.39 is 0 Å². The molecule has 1 atom stereocenters. The minimum atomic E-state index is 0.226. The average molecular weight is 226 g/mol. The quantitative estimate of drug-likeness (QED) is 0.769. The van der Waals surface area contributed by atoms with Crippen molar-refractivity contribution in [1.29, 1.82) is 0 Å². The number of carbonyl (C=O) groups is 1. The molecule has 16 heavy (non-hydrogen) atoms. The van der Waals surface area contributed by atoms with E-state index in [1.165, 1.54) is 0 Å². The second kappa shape index (κ2) is 6.24. The summed E-state index contributed by atoms with van der Waals surface area (Å²) in [5, 5.41) is 3.11. The van der Waals surface area contributed by atoms with Gasteiger partial charge in [-0.3, -0.25) is 4.79 Å². The van der Waals surface area contributed by atoms with Crippen molar-refractivity contribution in [2.45, 2.75) is 52.5 Å². The Morgan fingerprint density at radius 1 is 1.25 bits per heavy atom. The molecule has 0 aromatic rings. The van der Waals surface area contributed by atoms with Crippen LogP contribution in [0.2, 0.25) is 0 Å². The molecule has 1 aliphatic carbocycles. The summed E-state index contributed by atoms with van der Waals surface area (Å²) in [5.41, 5.74) is 5.64. The summed E-state index contributed by atoms with van der Waals surface area (Å²) < 4.78 is 0. The average Bonchev–Trinajstić information content (AvgIpc) is 2.28. The minimum absolute atomic E-state index is 0.226. The summed E-state index contributed by atoms with van der Waals surface area (Å²) in [5.74, 6) is 1.62. The molecule has 1 unspecified atom stereocenters. The highest BCUT2D eigenvalue weighted by molar-refractivity contribution is 5.79. The summed E-state index contributed by atoms with van der Waals surface area (Å²) >= 11 is 0. The first-order valence-electron chi connectivity index (χ1n) is 6.55. The lowest BCUT2D eigenvalue weighted by Gasteiger charge is -2.28. The van der Waals surface area contributed by atoms with Crippen LogP contribution < -0.4 is 11.1 Å². The highest BCUT2D eigenvalue weighted by Gasteiger charge is 2.26. The van der Waals surface area contributed by atoms with Crippen molar-refractivity contribution in [3.63, 3.8) is 0 Å². The van der Waals surface area contributed by atoms with Crippen LogP contribution in [-0.2, 0) is 4.79 Å². The Hall–Kier alpha value is -0.570. The summed E-state index contributed by atoms with van der Waals surface area (Å²) in [6, 6.07) is 0.278. The molecule has 0 heterocycles. The molecule has 1 rings (SSSR count). The van der Waals surface area contributed by atoms with E-state index in [9.17, 15) is 4.79 Å². The van der Waals surface area contributed by atoms with E-state index >= 15 is 0 Å². The van der Waals surface area contributed by atoms with Crippen LogP contribution in [-0.4, -0.2) is 18.5 Å². The van der Waals surface area contributed by atoms with E-state index in [4.69, 9.17) is 5.73 Å². The molecule has 0 aromatic heterocycles. The van der Waals surface area contributed by atoms with Crippen LogP contribution in [0, 0.1) is 17.8 Å². The third-order valence-corrected chi connectivity index (χ3v) is 3.92. The molecule has 1 saturated carbocycles. The van der Waals surface area contributed by atoms with Crippen LogP contribution >= 0.6 is 0 Å². The molecule has 0 bridgehead atoms. The number of hydrogen-bond acceptors (Lipinski definition) is 2. The first kappa shape index (κ1) is 13.5. The first-order chi connectivity index (χ1) is 7.54. The molecule has 0 saturated heterocycles. The number of nitrogens with one attached hydrogen (secondary N) is 1. The van der Waals surface area contributed by atoms with Crippen LogP contribution in [0.15, 0.2) is 0 Å². The monoisotopic (exact) mass is 226 g/mol. The molecular weight excluding hydrogens is 200 g/mol. The van der Waals surface area contributed by atoms with Gasteiger partial charge in [-0.15, -0.1) is 0 Å². The summed E-state index contributed by atoms with van der Waals surface area (Å²) in [6.45, 7) is 7.12. The lowest BCUT2D eigenvalue weighted by Crippen LogP contribution is -2.41. The first-order valence-corrected chi connectivity index (χ1v) is 6.55. The Kier molecular flexibility index (Phi) is 5.26. The molecule has 0 aliphatic heterocycles. The number of nitrogens with two attached hydrogens (primary N) is 1. The van der Waals surface area contributed by atoms with Crippen molar-refractivity contribution in [2.75, 3.05) is 6.54 Å². The van der Waals surface area contributed by atoms with Gasteiger partial charge >= 0.3 is 0 Å². The van der Waals surface area contributed by atoms with Gasteiger partial charge in [-0.05, 0) is 51.0 Å². The molecule has 0 radical (unpaired) electrons. The Morgan fingerprint density at radius 2 is 1.81 bits per heavy atom. The molecule has 0 spiro atoms. The zero-order valence-corrected chi connectivity index (χ0v) is 10.8. The lowest BCUT2D eigenvalue weighted by molar-refractivity contribution is -0.127. The van der Waals surface area contributed by atoms with Crippen molar-refractivity contribution in [3.8, 4) is 0 Å². The highest BCUT2D eigenvalue weighted by atomic mass is 16.1. The maximum absolute atomic E-state index is 12.0. The molecule has 3 heteroatoms. The van der Waals surface area contributed by atoms with Crippen LogP contribution in [0.4, 0.5) is 0 Å². The Morgan fingerprint density at radius 3 is 2.25 bits per heavy atom. The normalized spacial score (nSPS) is 27.8. The summed E-state index contributed by atoms with van der Waals surface area (Å²) in [6.07, 6.45) is 4.26. The fraction of sp³-hybridized carbons (Fsp3) is 0.923. The van der Waals surface area contributed by atoms with Gasteiger partial charge in [-0.1, -0.05) is 13.8 Å². The van der Waals surface area contributed by atoms with Crippen molar-refractivity contribution in [2.24, 2.45) is 23.5 Å². The second-order valence-corrected chi connectivity index (χ2v) is 5.49. The molecular formula is C13H26N2O. The third kappa shape index (κ3) is 3.78. The van der Waals surface area contributed by atoms with Gasteiger partial charge in [0.05, 0.1) is 0 Å². The summed E-state index contributed by atoms with van der Waals surface area (Å²) in [4.78, 5) is 12.0. The van der Waals surface area contributed by atoms with Crippen molar-refractivity contribution in [1.82, 2.24) is 5.32 Å². The van der Waals surface area contributed by atoms with Crippen molar-refractivity contribution < 1.29 is 4.79 Å². The Bertz CT molecular complexity index is 220. The van der Waals surface area contributed by atoms with Gasteiger partial charge in [-0.2, -0.15) is 0 Å². The van der Waals surface area contributed by atoms with Gasteiger partial charge in [0.2, 0.25) is 5.91 Å². The van der Waals surface area contributed by atoms with E-state index in [-0.39, 0.29) is 17.9 Å². The van der Waals surface area contributed by atoms with E-state index in [1.807, 2.05) is 0 Å². The van der Waals surface area contributed by atoms with E-state index in [0.717, 1.165) is 32.2 Å². The second-order valence-electron chi connectivity index (χ2n) is 5.49. The summed E-state index contributed by atoms with van der Waals surface area (Å²) in [7, 11) is 0. The van der Waals surface area contributed by atoms with Gasteiger partial charge in [0, 0.05) is 12.0 Å². The zero-order chi connectivity index (χ0) is 12.1. The standard InChI is InChI=1S/C13H26N2O/c1-9(2)10(3)15-13(16)12-6-4-11(8-14)5-7-12/h9-12H,4-8,14H2,1-3H3,(H,15,16). The minimum Gasteiger partial charge on any atom is -0.353 e. The highest BCUT2D eigenvalue weighted by Crippen LogP contribution is 2.28. The molecule has 1 fully saturated rings. The van der Waals surface area contributed by atoms with Crippen molar-refractivity contribution in [3.05, 3.63) is 0 Å². The molecule has 1 aliphatic rings. The number of amides is 1. The van der Waals surface area contributed by atoms with Gasteiger partial charge in [0.25, 0.3) is 0 Å². The Labute approximate surface area is 99.2 Å². The lowest BCUT2D eigenvalue weighted by atomic mass is 9.81. The van der Waals surface area contributed by atoms with Crippen LogP contribution in [0.25, 0.3) is 0 Å². The van der Waals surface area contributed by atoms with Gasteiger partial charge < -0.3 is 11.1 Å². The molecule has 3 nitrogen and oxygen atoms in total. The molecule has 0 aromatic carbocycles. The largest absolute Gasteiger partial charge is 0.353 e. The zero-order valence-electron chi connectivity index (χ0n) is 10.8. The SMILES string of the molecule is CC(C)C(C)NC(=O)C1CCC(CN)CC1. The smallest absolute Gasteiger partial charge is 0.223 e. The van der Waals surface area contributed by atoms with E-state index in [0.29, 0.717) is 11.8 Å². The van der Waals surface area contributed by atoms with Crippen LogP contribution in [0.1, 0.15) is 46.5 Å². The predicted molar refractivity (Wildman–Crippen MR) is 66.9 cm³/mol. The molecule has 3 N–H and O–H groups in total. The fourth-order valence-electron chi connectivity index (χ4n) is 2.17. The van der Waals surface area contributed by atoms with Crippen LogP contribution in [0.3, 0.4) is 0 Å². The van der Waals surface area contributed by atoms with Gasteiger partial charge in [0.1, 0.15) is 0 Å². The number of rotatable bonds is 4. The fourth-order valence-corrected chi connectivity index (χ4v) is 2.17. The third-order valence-electron chi connectivity index (χ3n) is 3.92. The van der Waals surface area contributed by atoms with Gasteiger partial charge in [-0.25, -0.2) is 0 Å². The van der Waals surface area contributed by atoms with Gasteiger partial charge in [0.15, 0.2) is 0 Å². The van der Waals surface area contributed by atoms with Crippen LogP contribution in [0.5, 0.6) is 0 Å². The maximum Gasteiger partial charge on any atom is 0.223 e. The number of carbonyl (C=O) groups excluding carboxylic acids is 1. The topological polar surface area (TPSA) is 55.1 Å². The van der Waals surface area contributed by atoms with E-state index in [1.54, 1.807) is 0 Å². The maximum atomic E-state index is 12.0. The predicted octanol–water partition coefficient (Wildman–Crippen LogP) is 1.91. The molecule has 1 amide bonds. The Balaban J connectivity index is 2.33. The molecule has 94 valence electrons. The van der Waals surface area contributed by atoms with E-state index in [2.05, 4.69) is 26.1 Å². The van der Waals surface area contributed by atoms with Crippen molar-refractivity contribution >= 4 is 5.91 Å².